The molecule has 0 radical (unpaired) electrons. The zero-order valence-corrected chi connectivity index (χ0v) is 13.4. The molecule has 1 aliphatic rings. The van der Waals surface area contributed by atoms with Crippen LogP contribution in [0.3, 0.4) is 0 Å². The predicted octanol–water partition coefficient (Wildman–Crippen LogP) is 2.72. The van der Waals surface area contributed by atoms with Crippen LogP contribution in [0.2, 0.25) is 0 Å². The second-order valence-corrected chi connectivity index (χ2v) is 6.20. The highest BCUT2D eigenvalue weighted by Gasteiger charge is 2.22. The van der Waals surface area contributed by atoms with Gasteiger partial charge in [0.05, 0.1) is 11.7 Å². The lowest BCUT2D eigenvalue weighted by Gasteiger charge is -2.29. The van der Waals surface area contributed by atoms with Crippen LogP contribution in [-0.2, 0) is 0 Å². The zero-order chi connectivity index (χ0) is 14.1. The normalized spacial score (nSPS) is 20.2. The van der Waals surface area contributed by atoms with Gasteiger partial charge in [-0.3, -0.25) is 0 Å². The number of imidazole rings is 1. The summed E-state index contributed by atoms with van der Waals surface area (Å²) in [5.41, 5.74) is 3.28. The van der Waals surface area contributed by atoms with Crippen LogP contribution < -0.4 is 5.32 Å². The third-order valence-corrected chi connectivity index (χ3v) is 4.43. The van der Waals surface area contributed by atoms with Crippen LogP contribution in [0.5, 0.6) is 0 Å². The quantitative estimate of drug-likeness (QED) is 0.887. The molecule has 2 N–H and O–H groups in total. The van der Waals surface area contributed by atoms with Crippen molar-refractivity contribution < 1.29 is 0 Å². The van der Waals surface area contributed by atoms with E-state index in [0.29, 0.717) is 0 Å². The van der Waals surface area contributed by atoms with Crippen molar-refractivity contribution in [3.05, 3.63) is 40.3 Å². The molecule has 0 saturated carbocycles. The number of rotatable bonds is 2. The summed E-state index contributed by atoms with van der Waals surface area (Å²) in [5, 5.41) is 3.53. The Labute approximate surface area is 127 Å². The van der Waals surface area contributed by atoms with Gasteiger partial charge >= 0.3 is 0 Å². The van der Waals surface area contributed by atoms with Crippen LogP contribution in [0.4, 0.5) is 0 Å². The van der Waals surface area contributed by atoms with Crippen molar-refractivity contribution in [3.8, 4) is 11.3 Å². The molecule has 1 saturated heterocycles. The summed E-state index contributed by atoms with van der Waals surface area (Å²) in [6, 6.07) is 8.49. The molecule has 1 aromatic carbocycles. The molecule has 1 aliphatic heterocycles. The number of aromatic amines is 1. The van der Waals surface area contributed by atoms with E-state index in [1.54, 1.807) is 0 Å². The number of aromatic nitrogens is 2. The first-order chi connectivity index (χ1) is 9.65. The van der Waals surface area contributed by atoms with Crippen molar-refractivity contribution in [2.75, 3.05) is 26.7 Å². The number of hydrogen-bond donors (Lipinski definition) is 2. The highest BCUT2D eigenvalue weighted by atomic mass is 79.9. The van der Waals surface area contributed by atoms with Crippen LogP contribution in [0.15, 0.2) is 28.7 Å². The average molecular weight is 335 g/mol. The third-order valence-electron chi connectivity index (χ3n) is 3.74. The molecular weight excluding hydrogens is 316 g/mol. The summed E-state index contributed by atoms with van der Waals surface area (Å²) in [5.74, 6) is 1.03. The maximum absolute atomic E-state index is 4.82. The van der Waals surface area contributed by atoms with Crippen molar-refractivity contribution in [2.45, 2.75) is 13.0 Å². The molecule has 4 nitrogen and oxygen atoms in total. The molecule has 1 aromatic heterocycles. The van der Waals surface area contributed by atoms with Gasteiger partial charge in [0.15, 0.2) is 0 Å². The van der Waals surface area contributed by atoms with Crippen molar-refractivity contribution in [3.63, 3.8) is 0 Å². The summed E-state index contributed by atoms with van der Waals surface area (Å²) in [4.78, 5) is 10.6. The van der Waals surface area contributed by atoms with Crippen molar-refractivity contribution in [1.82, 2.24) is 20.2 Å². The lowest BCUT2D eigenvalue weighted by molar-refractivity contribution is 0.236. The Morgan fingerprint density at radius 3 is 2.90 bits per heavy atom. The Hall–Kier alpha value is -1.17. The molecule has 3 rings (SSSR count). The first-order valence-corrected chi connectivity index (χ1v) is 7.68. The minimum atomic E-state index is 0.281. The SMILES string of the molecule is Cc1[nH]c(C2CN(C)CCN2)nc1-c1ccccc1Br. The van der Waals surface area contributed by atoms with Crippen LogP contribution in [0.1, 0.15) is 17.6 Å². The van der Waals surface area contributed by atoms with E-state index in [1.165, 1.54) is 0 Å². The van der Waals surface area contributed by atoms with Gasteiger partial charge in [-0.15, -0.1) is 0 Å². The predicted molar refractivity (Wildman–Crippen MR) is 84.7 cm³/mol. The number of benzene rings is 1. The lowest BCUT2D eigenvalue weighted by Crippen LogP contribution is -2.44. The Balaban J connectivity index is 1.93. The highest BCUT2D eigenvalue weighted by Crippen LogP contribution is 2.30. The Bertz CT molecular complexity index is 608. The van der Waals surface area contributed by atoms with E-state index in [0.717, 1.165) is 46.9 Å². The summed E-state index contributed by atoms with van der Waals surface area (Å²) in [6.07, 6.45) is 0. The second kappa shape index (κ2) is 5.68. The standard InChI is InChI=1S/C15H19BrN4/c1-10-14(11-5-3-4-6-12(11)16)19-15(18-10)13-9-20(2)8-7-17-13/h3-6,13,17H,7-9H2,1-2H3,(H,18,19). The molecule has 106 valence electrons. The number of hydrogen-bond acceptors (Lipinski definition) is 3. The van der Waals surface area contributed by atoms with Crippen molar-refractivity contribution in [2.24, 2.45) is 0 Å². The van der Waals surface area contributed by atoms with E-state index < -0.39 is 0 Å². The number of nitrogens with one attached hydrogen (secondary N) is 2. The van der Waals surface area contributed by atoms with Crippen LogP contribution >= 0.6 is 15.9 Å². The lowest BCUT2D eigenvalue weighted by atomic mass is 10.1. The van der Waals surface area contributed by atoms with Gasteiger partial charge in [-0.25, -0.2) is 4.98 Å². The summed E-state index contributed by atoms with van der Waals surface area (Å²) in [6.45, 7) is 5.17. The summed E-state index contributed by atoms with van der Waals surface area (Å²) >= 11 is 3.60. The van der Waals surface area contributed by atoms with Crippen LogP contribution in [0, 0.1) is 6.92 Å². The molecule has 0 spiro atoms. The number of nitrogens with zero attached hydrogens (tertiary/aromatic N) is 2. The number of H-pyrrole nitrogens is 1. The summed E-state index contributed by atoms with van der Waals surface area (Å²) in [7, 11) is 2.15. The maximum Gasteiger partial charge on any atom is 0.125 e. The molecule has 1 atom stereocenters. The highest BCUT2D eigenvalue weighted by molar-refractivity contribution is 9.10. The zero-order valence-electron chi connectivity index (χ0n) is 11.8. The molecule has 1 unspecified atom stereocenters. The fourth-order valence-corrected chi connectivity index (χ4v) is 3.12. The fraction of sp³-hybridized carbons (Fsp3) is 0.400. The van der Waals surface area contributed by atoms with Crippen molar-refractivity contribution in [1.29, 1.82) is 0 Å². The average Bonchev–Trinajstić information content (AvgIpc) is 2.81. The van der Waals surface area contributed by atoms with Crippen molar-refractivity contribution >= 4 is 15.9 Å². The van der Waals surface area contributed by atoms with E-state index in [9.17, 15) is 0 Å². The van der Waals surface area contributed by atoms with Gasteiger partial charge < -0.3 is 15.2 Å². The third kappa shape index (κ3) is 2.66. The van der Waals surface area contributed by atoms with E-state index >= 15 is 0 Å². The van der Waals surface area contributed by atoms with Gasteiger partial charge in [-0.2, -0.15) is 0 Å². The smallest absolute Gasteiger partial charge is 0.125 e. The van der Waals surface area contributed by atoms with E-state index in [-0.39, 0.29) is 6.04 Å². The molecule has 0 aliphatic carbocycles. The van der Waals surface area contributed by atoms with Crippen LogP contribution in [0.25, 0.3) is 11.3 Å². The van der Waals surface area contributed by atoms with Crippen LogP contribution in [-0.4, -0.2) is 41.5 Å². The number of halogens is 1. The summed E-state index contributed by atoms with van der Waals surface area (Å²) < 4.78 is 1.08. The molecule has 0 amide bonds. The molecule has 20 heavy (non-hydrogen) atoms. The fourth-order valence-electron chi connectivity index (χ4n) is 2.64. The molecule has 2 aromatic rings. The number of aryl methyl sites for hydroxylation is 1. The topological polar surface area (TPSA) is 44.0 Å². The van der Waals surface area contributed by atoms with Gasteiger partial charge in [0, 0.05) is 35.4 Å². The Morgan fingerprint density at radius 2 is 2.15 bits per heavy atom. The number of piperazine rings is 1. The molecule has 1 fully saturated rings. The molecule has 5 heteroatoms. The molecule has 0 bridgehead atoms. The van der Waals surface area contributed by atoms with Gasteiger partial charge in [0.25, 0.3) is 0 Å². The first kappa shape index (κ1) is 13.8. The second-order valence-electron chi connectivity index (χ2n) is 5.34. The van der Waals surface area contributed by atoms with E-state index in [2.05, 4.69) is 57.2 Å². The Kier molecular flexibility index (Phi) is 3.92. The van der Waals surface area contributed by atoms with Gasteiger partial charge in [-0.1, -0.05) is 34.1 Å². The van der Waals surface area contributed by atoms with E-state index in [1.807, 2.05) is 12.1 Å². The van der Waals surface area contributed by atoms with E-state index in [4.69, 9.17) is 4.98 Å². The number of likely N-dealkylation sites (N-methyl/N-ethyl adjacent to an activating group) is 1. The van der Waals surface area contributed by atoms with Gasteiger partial charge in [0.1, 0.15) is 5.82 Å². The first-order valence-electron chi connectivity index (χ1n) is 6.88. The Morgan fingerprint density at radius 1 is 1.35 bits per heavy atom. The molecular formula is C15H19BrN4. The maximum atomic E-state index is 4.82. The monoisotopic (exact) mass is 334 g/mol. The molecule has 2 heterocycles. The minimum Gasteiger partial charge on any atom is -0.344 e. The van der Waals surface area contributed by atoms with Gasteiger partial charge in [0.2, 0.25) is 0 Å². The minimum absolute atomic E-state index is 0.281. The van der Waals surface area contributed by atoms with Gasteiger partial charge in [-0.05, 0) is 20.0 Å². The largest absolute Gasteiger partial charge is 0.344 e.